The maximum Gasteiger partial charge on any atom is 0.311 e. The molecule has 2 N–H and O–H groups in total. The fourth-order valence-electron chi connectivity index (χ4n) is 2.06. The second kappa shape index (κ2) is 8.86. The van der Waals surface area contributed by atoms with E-state index in [9.17, 15) is 19.7 Å². The van der Waals surface area contributed by atoms with Crippen LogP contribution in [0.5, 0.6) is 11.5 Å². The van der Waals surface area contributed by atoms with Crippen LogP contribution in [-0.2, 0) is 4.79 Å². The van der Waals surface area contributed by atoms with E-state index in [2.05, 4.69) is 10.9 Å². The van der Waals surface area contributed by atoms with E-state index in [4.69, 9.17) is 21.1 Å². The first-order valence-corrected chi connectivity index (χ1v) is 8.00. The Balaban J connectivity index is 1.91. The molecule has 0 saturated carbocycles. The van der Waals surface area contributed by atoms with E-state index < -0.39 is 16.7 Å². The Hall–Kier alpha value is -3.33. The van der Waals surface area contributed by atoms with Gasteiger partial charge in [0.25, 0.3) is 11.8 Å². The van der Waals surface area contributed by atoms with Gasteiger partial charge in [-0.3, -0.25) is 30.6 Å². The van der Waals surface area contributed by atoms with E-state index in [1.54, 1.807) is 25.1 Å². The van der Waals surface area contributed by atoms with Gasteiger partial charge in [0.15, 0.2) is 12.4 Å². The number of hydrogen-bond acceptors (Lipinski definition) is 6. The van der Waals surface area contributed by atoms with Gasteiger partial charge >= 0.3 is 5.69 Å². The van der Waals surface area contributed by atoms with Gasteiger partial charge in [-0.2, -0.15) is 0 Å². The van der Waals surface area contributed by atoms with E-state index >= 15 is 0 Å². The summed E-state index contributed by atoms with van der Waals surface area (Å²) in [6, 6.07) is 8.60. The van der Waals surface area contributed by atoms with Crippen LogP contribution in [0.4, 0.5) is 5.69 Å². The third-order valence-corrected chi connectivity index (χ3v) is 3.88. The summed E-state index contributed by atoms with van der Waals surface area (Å²) < 4.78 is 10.2. The third kappa shape index (κ3) is 5.32. The molecule has 0 atom stereocenters. The number of carbonyl (C=O) groups is 2. The van der Waals surface area contributed by atoms with Crippen LogP contribution < -0.4 is 20.3 Å². The number of benzene rings is 2. The number of ether oxygens (including phenoxy) is 2. The summed E-state index contributed by atoms with van der Waals surface area (Å²) in [5.41, 5.74) is 4.74. The molecule has 2 rings (SSSR count). The Morgan fingerprint density at radius 3 is 2.56 bits per heavy atom. The summed E-state index contributed by atoms with van der Waals surface area (Å²) in [6.07, 6.45) is 0. The Morgan fingerprint density at radius 2 is 1.93 bits per heavy atom. The van der Waals surface area contributed by atoms with E-state index in [0.29, 0.717) is 10.8 Å². The van der Waals surface area contributed by atoms with E-state index in [0.717, 1.165) is 11.6 Å². The van der Waals surface area contributed by atoms with Gasteiger partial charge in [0.1, 0.15) is 5.75 Å². The standard InChI is InChI=1S/C17H16ClN3O6/c1-10-7-12(4-5-13(10)18)27-9-16(22)19-20-17(23)11-3-6-15(26-2)14(8-11)21(24)25/h3-8H,9H2,1-2H3,(H,19,22)(H,20,23). The molecule has 0 aliphatic carbocycles. The molecule has 0 saturated heterocycles. The van der Waals surface area contributed by atoms with Crippen LogP contribution in [0, 0.1) is 17.0 Å². The lowest BCUT2D eigenvalue weighted by atomic mass is 10.2. The van der Waals surface area contributed by atoms with E-state index in [-0.39, 0.29) is 23.6 Å². The predicted molar refractivity (Wildman–Crippen MR) is 96.9 cm³/mol. The van der Waals surface area contributed by atoms with Gasteiger partial charge < -0.3 is 9.47 Å². The number of nitrogens with zero attached hydrogens (tertiary/aromatic N) is 1. The Bertz CT molecular complexity index is 887. The number of nitrogens with one attached hydrogen (secondary N) is 2. The minimum Gasteiger partial charge on any atom is -0.490 e. The van der Waals surface area contributed by atoms with Crippen LogP contribution in [0.15, 0.2) is 36.4 Å². The molecule has 0 spiro atoms. The van der Waals surface area contributed by atoms with Crippen molar-refractivity contribution >= 4 is 29.1 Å². The number of rotatable bonds is 6. The van der Waals surface area contributed by atoms with Gasteiger partial charge in [0.2, 0.25) is 0 Å². The highest BCUT2D eigenvalue weighted by Gasteiger charge is 2.18. The molecule has 10 heteroatoms. The van der Waals surface area contributed by atoms with Crippen molar-refractivity contribution in [2.75, 3.05) is 13.7 Å². The van der Waals surface area contributed by atoms with Crippen LogP contribution in [0.1, 0.15) is 15.9 Å². The first-order chi connectivity index (χ1) is 12.8. The summed E-state index contributed by atoms with van der Waals surface area (Å²) >= 11 is 5.90. The molecule has 0 aromatic heterocycles. The molecule has 0 aliphatic heterocycles. The molecular weight excluding hydrogens is 378 g/mol. The lowest BCUT2D eigenvalue weighted by Crippen LogP contribution is -2.43. The number of amides is 2. The molecule has 27 heavy (non-hydrogen) atoms. The highest BCUT2D eigenvalue weighted by molar-refractivity contribution is 6.31. The average molecular weight is 394 g/mol. The number of halogens is 1. The Kier molecular flexibility index (Phi) is 6.56. The SMILES string of the molecule is COc1ccc(C(=O)NNC(=O)COc2ccc(Cl)c(C)c2)cc1[N+](=O)[O-]. The quantitative estimate of drug-likeness (QED) is 0.574. The lowest BCUT2D eigenvalue weighted by Gasteiger charge is -2.10. The summed E-state index contributed by atoms with van der Waals surface area (Å²) in [4.78, 5) is 34.1. The second-order valence-electron chi connectivity index (χ2n) is 5.35. The van der Waals surface area contributed by atoms with Crippen molar-refractivity contribution in [3.05, 3.63) is 62.7 Å². The molecule has 142 valence electrons. The van der Waals surface area contributed by atoms with Crippen LogP contribution in [0.25, 0.3) is 0 Å². The van der Waals surface area contributed by atoms with Crippen molar-refractivity contribution in [2.45, 2.75) is 6.92 Å². The number of nitro benzene ring substituents is 1. The fraction of sp³-hybridized carbons (Fsp3) is 0.176. The molecular formula is C17H16ClN3O6. The van der Waals surface area contributed by atoms with Crippen LogP contribution in [0.2, 0.25) is 5.02 Å². The molecule has 0 unspecified atom stereocenters. The molecule has 2 amide bonds. The van der Waals surface area contributed by atoms with Crippen LogP contribution >= 0.6 is 11.6 Å². The van der Waals surface area contributed by atoms with Crippen molar-refractivity contribution in [3.63, 3.8) is 0 Å². The normalized spacial score (nSPS) is 10.0. The summed E-state index contributed by atoms with van der Waals surface area (Å²) in [7, 11) is 1.28. The number of carbonyl (C=O) groups excluding carboxylic acids is 2. The average Bonchev–Trinajstić information content (AvgIpc) is 2.66. The summed E-state index contributed by atoms with van der Waals surface area (Å²) in [6.45, 7) is 1.45. The van der Waals surface area contributed by atoms with Gasteiger partial charge in [-0.1, -0.05) is 11.6 Å². The first-order valence-electron chi connectivity index (χ1n) is 7.62. The van der Waals surface area contributed by atoms with Crippen LogP contribution in [-0.4, -0.2) is 30.5 Å². The van der Waals surface area contributed by atoms with E-state index in [1.165, 1.54) is 19.2 Å². The highest BCUT2D eigenvalue weighted by Crippen LogP contribution is 2.27. The zero-order valence-corrected chi connectivity index (χ0v) is 15.2. The predicted octanol–water partition coefficient (Wildman–Crippen LogP) is 2.41. The Morgan fingerprint density at radius 1 is 1.19 bits per heavy atom. The smallest absolute Gasteiger partial charge is 0.311 e. The Labute approximate surface area is 159 Å². The minimum absolute atomic E-state index is 0.0166. The van der Waals surface area contributed by atoms with Gasteiger partial charge in [0, 0.05) is 16.7 Å². The van der Waals surface area contributed by atoms with Crippen molar-refractivity contribution in [1.82, 2.24) is 10.9 Å². The van der Waals surface area contributed by atoms with E-state index in [1.807, 2.05) is 0 Å². The maximum absolute atomic E-state index is 12.0. The molecule has 2 aromatic rings. The summed E-state index contributed by atoms with van der Waals surface area (Å²) in [5.74, 6) is -0.869. The zero-order chi connectivity index (χ0) is 20.0. The minimum atomic E-state index is -0.726. The monoisotopic (exact) mass is 393 g/mol. The third-order valence-electron chi connectivity index (χ3n) is 3.45. The molecule has 0 fully saturated rings. The van der Waals surface area contributed by atoms with Crippen LogP contribution in [0.3, 0.4) is 0 Å². The van der Waals surface area contributed by atoms with Crippen molar-refractivity contribution in [3.8, 4) is 11.5 Å². The van der Waals surface area contributed by atoms with Gasteiger partial charge in [-0.25, -0.2) is 0 Å². The number of nitro groups is 1. The topological polar surface area (TPSA) is 120 Å². The molecule has 0 radical (unpaired) electrons. The fourth-order valence-corrected chi connectivity index (χ4v) is 2.18. The van der Waals surface area contributed by atoms with Gasteiger partial charge in [-0.15, -0.1) is 0 Å². The maximum atomic E-state index is 12.0. The highest BCUT2D eigenvalue weighted by atomic mass is 35.5. The zero-order valence-electron chi connectivity index (χ0n) is 14.4. The van der Waals surface area contributed by atoms with Crippen molar-refractivity contribution < 1.29 is 24.0 Å². The first kappa shape index (κ1) is 20.0. The van der Waals surface area contributed by atoms with Gasteiger partial charge in [-0.05, 0) is 42.8 Å². The van der Waals surface area contributed by atoms with Crippen molar-refractivity contribution in [2.24, 2.45) is 0 Å². The molecule has 0 bridgehead atoms. The molecule has 0 aliphatic rings. The second-order valence-corrected chi connectivity index (χ2v) is 5.75. The number of hydrogen-bond donors (Lipinski definition) is 2. The van der Waals surface area contributed by atoms with Crippen molar-refractivity contribution in [1.29, 1.82) is 0 Å². The number of aryl methyl sites for hydroxylation is 1. The lowest BCUT2D eigenvalue weighted by molar-refractivity contribution is -0.385. The molecule has 0 heterocycles. The van der Waals surface area contributed by atoms with Gasteiger partial charge in [0.05, 0.1) is 12.0 Å². The number of hydrazine groups is 1. The summed E-state index contributed by atoms with van der Waals surface area (Å²) in [5, 5.41) is 11.6. The molecule has 2 aromatic carbocycles. The largest absolute Gasteiger partial charge is 0.490 e. The molecule has 9 nitrogen and oxygen atoms in total. The number of methoxy groups -OCH3 is 1.